The molecule has 0 aliphatic heterocycles. The summed E-state index contributed by atoms with van der Waals surface area (Å²) in [6.45, 7) is 6.05. The summed E-state index contributed by atoms with van der Waals surface area (Å²) in [6.07, 6.45) is 2.41. The van der Waals surface area contributed by atoms with Crippen LogP contribution in [0.2, 0.25) is 5.02 Å². The van der Waals surface area contributed by atoms with E-state index in [4.69, 9.17) is 16.3 Å². The summed E-state index contributed by atoms with van der Waals surface area (Å²) in [5.74, 6) is 0.671. The Morgan fingerprint density at radius 2 is 2.08 bits per heavy atom. The summed E-state index contributed by atoms with van der Waals surface area (Å²) >= 11 is 7.42. The van der Waals surface area contributed by atoms with E-state index in [1.807, 2.05) is 49.4 Å². The molecule has 0 saturated heterocycles. The van der Waals surface area contributed by atoms with Crippen LogP contribution < -0.4 is 10.1 Å². The minimum atomic E-state index is -0.177. The molecule has 2 aromatic rings. The molecule has 5 heteroatoms. The minimum absolute atomic E-state index is 0.0293. The van der Waals surface area contributed by atoms with E-state index in [1.54, 1.807) is 12.1 Å². The SMILES string of the molecule is C=CCOc1cccc(NC(=O)[C@H](CC)Sc2ccc(Cl)cc2)c1. The molecule has 3 nitrogen and oxygen atoms in total. The van der Waals surface area contributed by atoms with Crippen molar-refractivity contribution >= 4 is 35.0 Å². The number of thioether (sulfide) groups is 1. The van der Waals surface area contributed by atoms with Crippen molar-refractivity contribution in [3.63, 3.8) is 0 Å². The number of amides is 1. The second-order valence-corrected chi connectivity index (χ2v) is 6.80. The lowest BCUT2D eigenvalue weighted by Gasteiger charge is -2.15. The van der Waals surface area contributed by atoms with E-state index in [-0.39, 0.29) is 11.2 Å². The fraction of sp³-hybridized carbons (Fsp3) is 0.211. The molecule has 0 spiro atoms. The first-order valence-corrected chi connectivity index (χ1v) is 8.95. The minimum Gasteiger partial charge on any atom is -0.489 e. The highest BCUT2D eigenvalue weighted by Gasteiger charge is 2.18. The Morgan fingerprint density at radius 3 is 2.75 bits per heavy atom. The lowest BCUT2D eigenvalue weighted by atomic mass is 10.2. The predicted molar refractivity (Wildman–Crippen MR) is 102 cm³/mol. The van der Waals surface area contributed by atoms with Gasteiger partial charge in [0.15, 0.2) is 0 Å². The molecule has 0 saturated carbocycles. The molecule has 24 heavy (non-hydrogen) atoms. The molecule has 0 aliphatic rings. The maximum Gasteiger partial charge on any atom is 0.237 e. The third-order valence-corrected chi connectivity index (χ3v) is 4.85. The smallest absolute Gasteiger partial charge is 0.237 e. The average molecular weight is 362 g/mol. The maximum absolute atomic E-state index is 12.5. The summed E-state index contributed by atoms with van der Waals surface area (Å²) < 4.78 is 5.48. The molecular formula is C19H20ClNO2S. The Kier molecular flexibility index (Phi) is 7.22. The zero-order valence-corrected chi connectivity index (χ0v) is 15.1. The summed E-state index contributed by atoms with van der Waals surface area (Å²) in [5, 5.41) is 3.46. The van der Waals surface area contributed by atoms with Crippen molar-refractivity contribution in [1.82, 2.24) is 0 Å². The van der Waals surface area contributed by atoms with Crippen LogP contribution in [0.15, 0.2) is 66.1 Å². The number of rotatable bonds is 8. The first-order valence-electron chi connectivity index (χ1n) is 7.69. The largest absolute Gasteiger partial charge is 0.489 e. The maximum atomic E-state index is 12.5. The molecule has 0 heterocycles. The normalized spacial score (nSPS) is 11.6. The highest BCUT2D eigenvalue weighted by Crippen LogP contribution is 2.28. The molecule has 0 aliphatic carbocycles. The van der Waals surface area contributed by atoms with Crippen LogP contribution in [0.5, 0.6) is 5.75 Å². The molecule has 0 aromatic heterocycles. The second kappa shape index (κ2) is 9.40. The number of ether oxygens (including phenoxy) is 1. The highest BCUT2D eigenvalue weighted by molar-refractivity contribution is 8.00. The zero-order chi connectivity index (χ0) is 17.4. The average Bonchev–Trinajstić information content (AvgIpc) is 2.59. The van der Waals surface area contributed by atoms with Gasteiger partial charge in [-0.2, -0.15) is 0 Å². The number of carbonyl (C=O) groups is 1. The number of carbonyl (C=O) groups excluding carboxylic acids is 1. The van der Waals surface area contributed by atoms with Crippen LogP contribution in [0, 0.1) is 0 Å². The van der Waals surface area contributed by atoms with E-state index < -0.39 is 0 Å². The van der Waals surface area contributed by atoms with Gasteiger partial charge in [0, 0.05) is 21.7 Å². The Labute approximate surface area is 152 Å². The monoisotopic (exact) mass is 361 g/mol. The number of hydrogen-bond acceptors (Lipinski definition) is 3. The first-order chi connectivity index (χ1) is 11.6. The van der Waals surface area contributed by atoms with E-state index in [2.05, 4.69) is 11.9 Å². The molecule has 0 bridgehead atoms. The molecule has 1 atom stereocenters. The molecule has 1 N–H and O–H groups in total. The van der Waals surface area contributed by atoms with E-state index in [9.17, 15) is 4.79 Å². The summed E-state index contributed by atoms with van der Waals surface area (Å²) in [5.41, 5.74) is 0.719. The van der Waals surface area contributed by atoms with Crippen molar-refractivity contribution in [2.75, 3.05) is 11.9 Å². The van der Waals surface area contributed by atoms with Gasteiger partial charge in [0.05, 0.1) is 5.25 Å². The third-order valence-electron chi connectivity index (χ3n) is 3.22. The van der Waals surface area contributed by atoms with Gasteiger partial charge in [0.25, 0.3) is 0 Å². The van der Waals surface area contributed by atoms with Crippen LogP contribution in [0.3, 0.4) is 0 Å². The number of nitrogens with one attached hydrogen (secondary N) is 1. The second-order valence-electron chi connectivity index (χ2n) is 5.09. The number of anilines is 1. The Hall–Kier alpha value is -1.91. The van der Waals surface area contributed by atoms with Crippen LogP contribution in [0.25, 0.3) is 0 Å². The van der Waals surface area contributed by atoms with E-state index in [0.29, 0.717) is 17.4 Å². The third kappa shape index (κ3) is 5.62. The first kappa shape index (κ1) is 18.4. The van der Waals surface area contributed by atoms with Gasteiger partial charge in [-0.1, -0.05) is 37.2 Å². The van der Waals surface area contributed by atoms with Crippen molar-refractivity contribution < 1.29 is 9.53 Å². The van der Waals surface area contributed by atoms with Crippen molar-refractivity contribution in [3.8, 4) is 5.75 Å². The van der Waals surface area contributed by atoms with Crippen LogP contribution in [-0.2, 0) is 4.79 Å². The molecule has 126 valence electrons. The Bertz CT molecular complexity index is 688. The molecule has 1 amide bonds. The summed E-state index contributed by atoms with van der Waals surface area (Å²) in [6, 6.07) is 14.9. The topological polar surface area (TPSA) is 38.3 Å². The van der Waals surface area contributed by atoms with Gasteiger partial charge in [0.1, 0.15) is 12.4 Å². The van der Waals surface area contributed by atoms with Crippen molar-refractivity contribution in [1.29, 1.82) is 0 Å². The van der Waals surface area contributed by atoms with Gasteiger partial charge in [-0.25, -0.2) is 0 Å². The molecule has 0 radical (unpaired) electrons. The van der Waals surface area contributed by atoms with Crippen molar-refractivity contribution in [2.24, 2.45) is 0 Å². The van der Waals surface area contributed by atoms with E-state index >= 15 is 0 Å². The Morgan fingerprint density at radius 1 is 1.33 bits per heavy atom. The summed E-state index contributed by atoms with van der Waals surface area (Å²) in [4.78, 5) is 13.5. The molecule has 0 unspecified atom stereocenters. The number of benzene rings is 2. The van der Waals surface area contributed by atoms with Crippen LogP contribution in [0.4, 0.5) is 5.69 Å². The number of hydrogen-bond donors (Lipinski definition) is 1. The Balaban J connectivity index is 2.00. The number of halogens is 1. The zero-order valence-electron chi connectivity index (χ0n) is 13.5. The predicted octanol–water partition coefficient (Wildman–Crippen LogP) is 5.41. The van der Waals surface area contributed by atoms with Gasteiger partial charge in [0.2, 0.25) is 5.91 Å². The standard InChI is InChI=1S/C19H20ClNO2S/c1-3-12-23-16-7-5-6-15(13-16)21-19(22)18(4-2)24-17-10-8-14(20)9-11-17/h3,5-11,13,18H,1,4,12H2,2H3,(H,21,22)/t18-/m0/s1. The van der Waals surface area contributed by atoms with E-state index in [1.165, 1.54) is 11.8 Å². The lowest BCUT2D eigenvalue weighted by Crippen LogP contribution is -2.24. The molecular weight excluding hydrogens is 342 g/mol. The van der Waals surface area contributed by atoms with Crippen molar-refractivity contribution in [3.05, 3.63) is 66.2 Å². The van der Waals surface area contributed by atoms with Gasteiger partial charge in [-0.3, -0.25) is 4.79 Å². The van der Waals surface area contributed by atoms with Crippen molar-refractivity contribution in [2.45, 2.75) is 23.5 Å². The molecule has 2 aromatic carbocycles. The lowest BCUT2D eigenvalue weighted by molar-refractivity contribution is -0.115. The van der Waals surface area contributed by atoms with Crippen LogP contribution >= 0.6 is 23.4 Å². The molecule has 0 fully saturated rings. The fourth-order valence-electron chi connectivity index (χ4n) is 2.04. The van der Waals surface area contributed by atoms with Gasteiger partial charge in [-0.15, -0.1) is 11.8 Å². The van der Waals surface area contributed by atoms with Gasteiger partial charge >= 0.3 is 0 Å². The van der Waals surface area contributed by atoms with E-state index in [0.717, 1.165) is 17.0 Å². The highest BCUT2D eigenvalue weighted by atomic mass is 35.5. The summed E-state index contributed by atoms with van der Waals surface area (Å²) in [7, 11) is 0. The van der Waals surface area contributed by atoms with Gasteiger partial charge in [-0.05, 0) is 42.8 Å². The quantitative estimate of drug-likeness (QED) is 0.504. The van der Waals surface area contributed by atoms with Gasteiger partial charge < -0.3 is 10.1 Å². The molecule has 2 rings (SSSR count). The van der Waals surface area contributed by atoms with Crippen LogP contribution in [-0.4, -0.2) is 17.8 Å². The van der Waals surface area contributed by atoms with Crippen LogP contribution in [0.1, 0.15) is 13.3 Å². The fourth-order valence-corrected chi connectivity index (χ4v) is 3.12.